The first-order valence-electron chi connectivity index (χ1n) is 9.41. The molecular formula is C20H29N3O. The van der Waals surface area contributed by atoms with Crippen molar-refractivity contribution in [2.24, 2.45) is 10.9 Å². The molecule has 0 spiro atoms. The molecule has 2 bridgehead atoms. The molecule has 3 fully saturated rings. The molecule has 4 heteroatoms. The minimum atomic E-state index is 0.485. The van der Waals surface area contributed by atoms with Crippen molar-refractivity contribution in [1.82, 2.24) is 10.2 Å². The van der Waals surface area contributed by atoms with Gasteiger partial charge in [0.15, 0.2) is 5.96 Å². The van der Waals surface area contributed by atoms with E-state index in [1.807, 2.05) is 7.05 Å². The van der Waals surface area contributed by atoms with Crippen molar-refractivity contribution >= 4 is 5.96 Å². The maximum absolute atomic E-state index is 5.97. The zero-order chi connectivity index (χ0) is 16.5. The molecule has 0 aromatic heterocycles. The number of nitrogens with one attached hydrogen (secondary N) is 1. The highest BCUT2D eigenvalue weighted by molar-refractivity contribution is 5.80. The zero-order valence-electron chi connectivity index (χ0n) is 14.9. The van der Waals surface area contributed by atoms with Crippen LogP contribution in [0.4, 0.5) is 0 Å². The molecule has 24 heavy (non-hydrogen) atoms. The molecule has 4 unspecified atom stereocenters. The first kappa shape index (κ1) is 15.9. The van der Waals surface area contributed by atoms with Crippen LogP contribution < -0.4 is 5.32 Å². The lowest BCUT2D eigenvalue weighted by Gasteiger charge is -2.25. The fraction of sp³-hybridized carbons (Fsp3) is 0.650. The van der Waals surface area contributed by atoms with Crippen LogP contribution in [0.15, 0.2) is 29.3 Å². The summed E-state index contributed by atoms with van der Waals surface area (Å²) in [5, 5.41) is 3.62. The van der Waals surface area contributed by atoms with Gasteiger partial charge in [0.05, 0.1) is 12.2 Å². The second kappa shape index (κ2) is 6.75. The molecule has 0 aliphatic carbocycles. The maximum Gasteiger partial charge on any atom is 0.193 e. The molecule has 1 aromatic rings. The number of nitrogens with zero attached hydrogens (tertiary/aromatic N) is 2. The van der Waals surface area contributed by atoms with Gasteiger partial charge in [0.25, 0.3) is 0 Å². The highest BCUT2D eigenvalue weighted by Gasteiger charge is 2.40. The van der Waals surface area contributed by atoms with Crippen LogP contribution in [0.2, 0.25) is 0 Å². The highest BCUT2D eigenvalue weighted by atomic mass is 16.5. The average molecular weight is 327 g/mol. The van der Waals surface area contributed by atoms with Crippen LogP contribution in [-0.2, 0) is 4.74 Å². The Balaban J connectivity index is 1.34. The minimum absolute atomic E-state index is 0.485. The SMILES string of the molecule is CN=C(NCC1CC2CCC1O2)N1CCC(c2ccccc2C)C1. The molecule has 3 heterocycles. The Labute approximate surface area is 145 Å². The molecule has 3 aliphatic heterocycles. The van der Waals surface area contributed by atoms with E-state index < -0.39 is 0 Å². The molecule has 0 radical (unpaired) electrons. The smallest absolute Gasteiger partial charge is 0.193 e. The lowest BCUT2D eigenvalue weighted by molar-refractivity contribution is 0.0929. The lowest BCUT2D eigenvalue weighted by atomic mass is 9.89. The summed E-state index contributed by atoms with van der Waals surface area (Å²) in [6, 6.07) is 8.79. The molecule has 4 atom stereocenters. The Morgan fingerprint density at radius 3 is 2.88 bits per heavy atom. The van der Waals surface area contributed by atoms with Gasteiger partial charge < -0.3 is 15.0 Å². The van der Waals surface area contributed by atoms with Gasteiger partial charge in [-0.25, -0.2) is 0 Å². The predicted octanol–water partition coefficient (Wildman–Crippen LogP) is 2.93. The predicted molar refractivity (Wildman–Crippen MR) is 97.5 cm³/mol. The number of ether oxygens (including phenoxy) is 1. The monoisotopic (exact) mass is 327 g/mol. The number of aliphatic imine (C=N–C) groups is 1. The Kier molecular flexibility index (Phi) is 4.49. The summed E-state index contributed by atoms with van der Waals surface area (Å²) in [4.78, 5) is 6.96. The van der Waals surface area contributed by atoms with Crippen molar-refractivity contribution in [3.8, 4) is 0 Å². The number of hydrogen-bond acceptors (Lipinski definition) is 2. The largest absolute Gasteiger partial charge is 0.375 e. The summed E-state index contributed by atoms with van der Waals surface area (Å²) < 4.78 is 5.97. The van der Waals surface area contributed by atoms with E-state index in [0.717, 1.165) is 25.6 Å². The second-order valence-electron chi connectivity index (χ2n) is 7.59. The lowest BCUT2D eigenvalue weighted by Crippen LogP contribution is -2.43. The maximum atomic E-state index is 5.97. The quantitative estimate of drug-likeness (QED) is 0.685. The second-order valence-corrected chi connectivity index (χ2v) is 7.59. The van der Waals surface area contributed by atoms with E-state index in [0.29, 0.717) is 24.0 Å². The molecule has 3 aliphatic rings. The zero-order valence-corrected chi connectivity index (χ0v) is 14.9. The van der Waals surface area contributed by atoms with Crippen LogP contribution in [0.3, 0.4) is 0 Å². The van der Waals surface area contributed by atoms with Gasteiger partial charge in [0.2, 0.25) is 0 Å². The summed E-state index contributed by atoms with van der Waals surface area (Å²) >= 11 is 0. The molecular weight excluding hydrogens is 298 g/mol. The van der Waals surface area contributed by atoms with Crippen LogP contribution in [-0.4, -0.2) is 49.7 Å². The summed E-state index contributed by atoms with van der Waals surface area (Å²) in [7, 11) is 1.90. The third-order valence-electron chi connectivity index (χ3n) is 6.08. The van der Waals surface area contributed by atoms with Gasteiger partial charge in [-0.05, 0) is 43.7 Å². The fourth-order valence-corrected chi connectivity index (χ4v) is 4.76. The van der Waals surface area contributed by atoms with E-state index in [1.54, 1.807) is 0 Å². The summed E-state index contributed by atoms with van der Waals surface area (Å²) in [5.74, 6) is 2.35. The molecule has 4 rings (SSSR count). The van der Waals surface area contributed by atoms with Gasteiger partial charge in [-0.15, -0.1) is 0 Å². The van der Waals surface area contributed by atoms with E-state index in [2.05, 4.69) is 46.4 Å². The number of likely N-dealkylation sites (tertiary alicyclic amines) is 1. The number of benzene rings is 1. The fourth-order valence-electron chi connectivity index (χ4n) is 4.76. The van der Waals surface area contributed by atoms with E-state index in [9.17, 15) is 0 Å². The van der Waals surface area contributed by atoms with Crippen LogP contribution in [0, 0.1) is 12.8 Å². The number of aryl methyl sites for hydroxylation is 1. The summed E-state index contributed by atoms with van der Waals surface area (Å²) in [5.41, 5.74) is 2.91. The number of fused-ring (bicyclic) bond motifs is 2. The van der Waals surface area contributed by atoms with Crippen molar-refractivity contribution in [2.75, 3.05) is 26.7 Å². The number of rotatable bonds is 3. The van der Waals surface area contributed by atoms with Crippen LogP contribution >= 0.6 is 0 Å². The molecule has 0 amide bonds. The minimum Gasteiger partial charge on any atom is -0.375 e. The van der Waals surface area contributed by atoms with Crippen molar-refractivity contribution in [3.05, 3.63) is 35.4 Å². The third kappa shape index (κ3) is 3.04. The van der Waals surface area contributed by atoms with Crippen molar-refractivity contribution in [2.45, 2.75) is 50.7 Å². The Hall–Kier alpha value is -1.55. The van der Waals surface area contributed by atoms with Gasteiger partial charge in [-0.3, -0.25) is 4.99 Å². The van der Waals surface area contributed by atoms with Gasteiger partial charge in [0, 0.05) is 38.5 Å². The van der Waals surface area contributed by atoms with Crippen LogP contribution in [0.1, 0.15) is 42.7 Å². The standard InChI is InChI=1S/C20H29N3O/c1-14-5-3-4-6-18(14)15-9-10-23(13-15)20(21-2)22-12-16-11-17-7-8-19(16)24-17/h3-6,15-17,19H,7-13H2,1-2H3,(H,21,22). The van der Waals surface area contributed by atoms with Gasteiger partial charge in [0.1, 0.15) is 0 Å². The normalized spacial score (nSPS) is 32.6. The molecule has 3 saturated heterocycles. The summed E-state index contributed by atoms with van der Waals surface area (Å²) in [6.07, 6.45) is 5.96. The summed E-state index contributed by atoms with van der Waals surface area (Å²) in [6.45, 7) is 5.38. The Morgan fingerprint density at radius 1 is 1.29 bits per heavy atom. The molecule has 0 saturated carbocycles. The van der Waals surface area contributed by atoms with Crippen molar-refractivity contribution in [3.63, 3.8) is 0 Å². The average Bonchev–Trinajstić information content (AvgIpc) is 3.32. The van der Waals surface area contributed by atoms with E-state index in [1.165, 1.54) is 36.8 Å². The van der Waals surface area contributed by atoms with E-state index >= 15 is 0 Å². The molecule has 4 nitrogen and oxygen atoms in total. The van der Waals surface area contributed by atoms with Crippen molar-refractivity contribution < 1.29 is 4.74 Å². The number of hydrogen-bond donors (Lipinski definition) is 1. The third-order valence-corrected chi connectivity index (χ3v) is 6.08. The van der Waals surface area contributed by atoms with Gasteiger partial charge >= 0.3 is 0 Å². The van der Waals surface area contributed by atoms with E-state index in [-0.39, 0.29) is 0 Å². The molecule has 1 N–H and O–H groups in total. The first-order chi connectivity index (χ1) is 11.7. The van der Waals surface area contributed by atoms with Gasteiger partial charge in [-0.1, -0.05) is 24.3 Å². The first-order valence-corrected chi connectivity index (χ1v) is 9.41. The number of guanidine groups is 1. The van der Waals surface area contributed by atoms with Crippen LogP contribution in [0.25, 0.3) is 0 Å². The van der Waals surface area contributed by atoms with Gasteiger partial charge in [-0.2, -0.15) is 0 Å². The molecule has 1 aromatic carbocycles. The molecule has 130 valence electrons. The Morgan fingerprint density at radius 2 is 2.17 bits per heavy atom. The van der Waals surface area contributed by atoms with E-state index in [4.69, 9.17) is 4.74 Å². The van der Waals surface area contributed by atoms with Crippen molar-refractivity contribution in [1.29, 1.82) is 0 Å². The highest BCUT2D eigenvalue weighted by Crippen LogP contribution is 2.38. The Bertz CT molecular complexity index is 615. The topological polar surface area (TPSA) is 36.9 Å². The van der Waals surface area contributed by atoms with Crippen LogP contribution in [0.5, 0.6) is 0 Å².